The van der Waals surface area contributed by atoms with Gasteiger partial charge in [0, 0.05) is 16.6 Å². The average Bonchev–Trinajstić information content (AvgIpc) is 2.47. The number of amides is 1. The van der Waals surface area contributed by atoms with Crippen LogP contribution in [0.1, 0.15) is 28.9 Å². The van der Waals surface area contributed by atoms with Gasteiger partial charge in [-0.1, -0.05) is 17.7 Å². The van der Waals surface area contributed by atoms with Crippen molar-refractivity contribution in [1.82, 2.24) is 5.32 Å². The summed E-state index contributed by atoms with van der Waals surface area (Å²) >= 11 is 6.25. The fourth-order valence-electron chi connectivity index (χ4n) is 1.90. The lowest BCUT2D eigenvalue weighted by molar-refractivity contribution is 0.100. The van der Waals surface area contributed by atoms with Crippen molar-refractivity contribution in [3.63, 3.8) is 0 Å². The van der Waals surface area contributed by atoms with Crippen molar-refractivity contribution in [3.8, 4) is 11.5 Å². The van der Waals surface area contributed by atoms with Gasteiger partial charge in [-0.3, -0.25) is 4.79 Å². The van der Waals surface area contributed by atoms with E-state index in [0.717, 1.165) is 5.56 Å². The highest BCUT2D eigenvalue weighted by atomic mass is 35.5. The molecule has 0 aliphatic carbocycles. The first-order valence-electron chi connectivity index (χ1n) is 6.55. The summed E-state index contributed by atoms with van der Waals surface area (Å²) in [6.07, 6.45) is 0. The summed E-state index contributed by atoms with van der Waals surface area (Å²) < 4.78 is 5.71. The second-order valence-electron chi connectivity index (χ2n) is 4.68. The molecular formula is C16H17ClN2O2. The lowest BCUT2D eigenvalue weighted by Crippen LogP contribution is -2.12. The normalized spacial score (nSPS) is 12.0. The van der Waals surface area contributed by atoms with E-state index in [9.17, 15) is 4.79 Å². The maximum absolute atomic E-state index is 11.0. The molecule has 0 fully saturated rings. The van der Waals surface area contributed by atoms with Crippen LogP contribution < -0.4 is 15.8 Å². The Morgan fingerprint density at radius 1 is 1.19 bits per heavy atom. The molecule has 2 aromatic carbocycles. The minimum atomic E-state index is -0.463. The van der Waals surface area contributed by atoms with E-state index in [0.29, 0.717) is 22.1 Å². The topological polar surface area (TPSA) is 64.3 Å². The van der Waals surface area contributed by atoms with E-state index in [1.165, 1.54) is 0 Å². The van der Waals surface area contributed by atoms with Gasteiger partial charge in [-0.2, -0.15) is 0 Å². The van der Waals surface area contributed by atoms with E-state index in [-0.39, 0.29) is 6.04 Å². The Hall–Kier alpha value is -2.04. The van der Waals surface area contributed by atoms with Gasteiger partial charge in [0.05, 0.1) is 0 Å². The van der Waals surface area contributed by atoms with E-state index in [2.05, 4.69) is 5.32 Å². The fourth-order valence-corrected chi connectivity index (χ4v) is 2.24. The average molecular weight is 305 g/mol. The number of carbonyl (C=O) groups excluding carboxylic acids is 1. The van der Waals surface area contributed by atoms with Gasteiger partial charge in [-0.15, -0.1) is 0 Å². The van der Waals surface area contributed by atoms with E-state index >= 15 is 0 Å². The van der Waals surface area contributed by atoms with Crippen LogP contribution in [0, 0.1) is 0 Å². The Kier molecular flexibility index (Phi) is 4.83. The monoisotopic (exact) mass is 304 g/mol. The van der Waals surface area contributed by atoms with Gasteiger partial charge in [0.2, 0.25) is 5.91 Å². The summed E-state index contributed by atoms with van der Waals surface area (Å²) in [5, 5.41) is 3.78. The highest BCUT2D eigenvalue weighted by molar-refractivity contribution is 6.31. The van der Waals surface area contributed by atoms with Crippen molar-refractivity contribution in [1.29, 1.82) is 0 Å². The highest BCUT2D eigenvalue weighted by Gasteiger charge is 2.09. The Labute approximate surface area is 128 Å². The molecule has 0 heterocycles. The van der Waals surface area contributed by atoms with Gasteiger partial charge in [-0.25, -0.2) is 0 Å². The molecule has 0 aliphatic heterocycles. The van der Waals surface area contributed by atoms with Crippen LogP contribution in [0.25, 0.3) is 0 Å². The summed E-state index contributed by atoms with van der Waals surface area (Å²) in [5.41, 5.74) is 6.64. The zero-order valence-corrected chi connectivity index (χ0v) is 12.6. The molecule has 1 amide bonds. The number of halogens is 1. The van der Waals surface area contributed by atoms with Gasteiger partial charge >= 0.3 is 0 Å². The molecule has 1 atom stereocenters. The molecule has 5 heteroatoms. The number of hydrogen-bond donors (Lipinski definition) is 2. The van der Waals surface area contributed by atoms with Crippen LogP contribution in [0.15, 0.2) is 42.5 Å². The Morgan fingerprint density at radius 2 is 1.81 bits per heavy atom. The zero-order chi connectivity index (χ0) is 15.4. The van der Waals surface area contributed by atoms with Crippen molar-refractivity contribution < 1.29 is 9.53 Å². The second-order valence-corrected chi connectivity index (χ2v) is 5.09. The van der Waals surface area contributed by atoms with Gasteiger partial charge in [0.1, 0.15) is 11.5 Å². The van der Waals surface area contributed by atoms with Crippen LogP contribution in [0.5, 0.6) is 11.5 Å². The fraction of sp³-hybridized carbons (Fsp3) is 0.188. The molecule has 110 valence electrons. The van der Waals surface area contributed by atoms with Crippen molar-refractivity contribution in [3.05, 3.63) is 58.6 Å². The zero-order valence-electron chi connectivity index (χ0n) is 11.9. The first-order valence-corrected chi connectivity index (χ1v) is 6.93. The number of ether oxygens (including phenoxy) is 1. The predicted octanol–water partition coefficient (Wildman–Crippen LogP) is 3.51. The Morgan fingerprint density at radius 3 is 2.33 bits per heavy atom. The molecule has 3 N–H and O–H groups in total. The summed E-state index contributed by atoms with van der Waals surface area (Å²) in [7, 11) is 1.88. The minimum absolute atomic E-state index is 0.168. The Bertz CT molecular complexity index is 641. The van der Waals surface area contributed by atoms with Gasteiger partial charge in [-0.05, 0) is 55.9 Å². The molecule has 21 heavy (non-hydrogen) atoms. The first-order chi connectivity index (χ1) is 10.0. The number of primary amides is 1. The van der Waals surface area contributed by atoms with Crippen molar-refractivity contribution in [2.75, 3.05) is 7.05 Å². The van der Waals surface area contributed by atoms with E-state index in [1.807, 2.05) is 26.1 Å². The van der Waals surface area contributed by atoms with Crippen LogP contribution in [0.3, 0.4) is 0 Å². The van der Waals surface area contributed by atoms with E-state index in [4.69, 9.17) is 22.1 Å². The van der Waals surface area contributed by atoms with Gasteiger partial charge in [0.15, 0.2) is 0 Å². The molecule has 0 aromatic heterocycles. The predicted molar refractivity (Wildman–Crippen MR) is 84.0 cm³/mol. The summed E-state index contributed by atoms with van der Waals surface area (Å²) in [6.45, 7) is 2.03. The molecule has 0 saturated heterocycles. The maximum atomic E-state index is 11.0. The lowest BCUT2D eigenvalue weighted by atomic mass is 10.1. The van der Waals surface area contributed by atoms with Crippen molar-refractivity contribution in [2.45, 2.75) is 13.0 Å². The Balaban J connectivity index is 2.16. The first kappa shape index (κ1) is 15.4. The van der Waals surface area contributed by atoms with Crippen LogP contribution in [-0.2, 0) is 0 Å². The summed E-state index contributed by atoms with van der Waals surface area (Å²) in [6, 6.07) is 12.4. The van der Waals surface area contributed by atoms with Gasteiger partial charge < -0.3 is 15.8 Å². The van der Waals surface area contributed by atoms with Gasteiger partial charge in [0.25, 0.3) is 0 Å². The number of nitrogens with one attached hydrogen (secondary N) is 1. The third kappa shape index (κ3) is 3.74. The summed E-state index contributed by atoms with van der Waals surface area (Å²) in [4.78, 5) is 11.0. The third-order valence-corrected chi connectivity index (χ3v) is 3.57. The SMILES string of the molecule is CNC(C)c1ccc(Oc2ccc(C(N)=O)cc2)cc1Cl. The van der Waals surface area contributed by atoms with Crippen LogP contribution in [0.2, 0.25) is 5.02 Å². The van der Waals surface area contributed by atoms with E-state index < -0.39 is 5.91 Å². The van der Waals surface area contributed by atoms with Crippen LogP contribution >= 0.6 is 11.6 Å². The largest absolute Gasteiger partial charge is 0.457 e. The molecule has 2 rings (SSSR count). The molecule has 0 spiro atoms. The van der Waals surface area contributed by atoms with E-state index in [1.54, 1.807) is 30.3 Å². The number of benzene rings is 2. The van der Waals surface area contributed by atoms with Crippen molar-refractivity contribution in [2.24, 2.45) is 5.73 Å². The number of rotatable bonds is 5. The molecule has 4 nitrogen and oxygen atoms in total. The molecule has 0 bridgehead atoms. The second kappa shape index (κ2) is 6.61. The molecule has 0 saturated carbocycles. The highest BCUT2D eigenvalue weighted by Crippen LogP contribution is 2.29. The molecule has 1 unspecified atom stereocenters. The standard InChI is InChI=1S/C16H17ClN2O2/c1-10(19-2)14-8-7-13(9-15(14)17)21-12-5-3-11(4-6-12)16(18)20/h3-10,19H,1-2H3,(H2,18,20). The molecular weight excluding hydrogens is 288 g/mol. The van der Waals surface area contributed by atoms with Crippen LogP contribution in [0.4, 0.5) is 0 Å². The number of nitrogens with two attached hydrogens (primary N) is 1. The van der Waals surface area contributed by atoms with Crippen LogP contribution in [-0.4, -0.2) is 13.0 Å². The maximum Gasteiger partial charge on any atom is 0.248 e. The smallest absolute Gasteiger partial charge is 0.248 e. The quantitative estimate of drug-likeness (QED) is 0.888. The summed E-state index contributed by atoms with van der Waals surface area (Å²) in [5.74, 6) is 0.791. The minimum Gasteiger partial charge on any atom is -0.457 e. The number of hydrogen-bond acceptors (Lipinski definition) is 3. The molecule has 2 aromatic rings. The number of carbonyl (C=O) groups is 1. The third-order valence-electron chi connectivity index (χ3n) is 3.25. The molecule has 0 aliphatic rings. The van der Waals surface area contributed by atoms with Crippen molar-refractivity contribution >= 4 is 17.5 Å². The molecule has 0 radical (unpaired) electrons. The lowest BCUT2D eigenvalue weighted by Gasteiger charge is -2.14.